The van der Waals surface area contributed by atoms with Gasteiger partial charge in [-0.15, -0.1) is 0 Å². The van der Waals surface area contributed by atoms with E-state index in [0.717, 1.165) is 23.4 Å². The number of rotatable bonds is 4. The molecule has 114 valence electrons. The van der Waals surface area contributed by atoms with Crippen LogP contribution in [0, 0.1) is 5.82 Å². The zero-order valence-electron chi connectivity index (χ0n) is 12.2. The van der Waals surface area contributed by atoms with Crippen molar-refractivity contribution in [1.82, 2.24) is 5.32 Å². The second-order valence-corrected chi connectivity index (χ2v) is 5.71. The Labute approximate surface area is 134 Å². The van der Waals surface area contributed by atoms with E-state index in [-0.39, 0.29) is 11.9 Å². The Bertz CT molecular complexity index is 692. The van der Waals surface area contributed by atoms with Gasteiger partial charge in [0, 0.05) is 12.0 Å². The summed E-state index contributed by atoms with van der Waals surface area (Å²) >= 11 is 5.34. The molecule has 0 aromatic heterocycles. The van der Waals surface area contributed by atoms with E-state index >= 15 is 0 Å². The minimum Gasteiger partial charge on any atom is -0.495 e. The number of methoxy groups -OCH3 is 1. The van der Waals surface area contributed by atoms with Crippen LogP contribution in [-0.4, -0.2) is 18.3 Å². The van der Waals surface area contributed by atoms with E-state index in [9.17, 15) is 4.39 Å². The lowest BCUT2D eigenvalue weighted by molar-refractivity contribution is 0.417. The van der Waals surface area contributed by atoms with Crippen LogP contribution in [0.5, 0.6) is 5.75 Å². The lowest BCUT2D eigenvalue weighted by Crippen LogP contribution is -2.31. The van der Waals surface area contributed by atoms with Crippen molar-refractivity contribution in [3.63, 3.8) is 0 Å². The predicted molar refractivity (Wildman–Crippen MR) is 89.9 cm³/mol. The van der Waals surface area contributed by atoms with Crippen LogP contribution in [0.2, 0.25) is 0 Å². The summed E-state index contributed by atoms with van der Waals surface area (Å²) in [5.74, 6) is 0.857. The van der Waals surface area contributed by atoms with Crippen molar-refractivity contribution in [2.24, 2.45) is 0 Å². The summed E-state index contributed by atoms with van der Waals surface area (Å²) in [6.45, 7) is 0. The fourth-order valence-corrected chi connectivity index (χ4v) is 2.80. The van der Waals surface area contributed by atoms with Gasteiger partial charge in [-0.05, 0) is 48.5 Å². The molecule has 1 fully saturated rings. The van der Waals surface area contributed by atoms with Gasteiger partial charge in [-0.25, -0.2) is 4.39 Å². The van der Waals surface area contributed by atoms with Gasteiger partial charge < -0.3 is 15.4 Å². The number of hydrogen-bond acceptors (Lipinski definition) is 2. The zero-order valence-corrected chi connectivity index (χ0v) is 13.0. The minimum atomic E-state index is -0.196. The summed E-state index contributed by atoms with van der Waals surface area (Å²) in [5, 5.41) is 6.95. The lowest BCUT2D eigenvalue weighted by Gasteiger charge is -2.13. The second kappa shape index (κ2) is 6.32. The molecule has 2 aromatic carbocycles. The van der Waals surface area contributed by atoms with Gasteiger partial charge in [-0.1, -0.05) is 24.3 Å². The van der Waals surface area contributed by atoms with Crippen molar-refractivity contribution in [1.29, 1.82) is 0 Å². The van der Waals surface area contributed by atoms with E-state index in [1.54, 1.807) is 19.2 Å². The number of thiocarbonyl (C=S) groups is 1. The molecule has 1 aliphatic carbocycles. The highest BCUT2D eigenvalue weighted by molar-refractivity contribution is 7.80. The fourth-order valence-electron chi connectivity index (χ4n) is 2.53. The van der Waals surface area contributed by atoms with E-state index < -0.39 is 0 Å². The summed E-state index contributed by atoms with van der Waals surface area (Å²) in [6.07, 6.45) is 0.956. The second-order valence-electron chi connectivity index (χ2n) is 5.30. The summed E-state index contributed by atoms with van der Waals surface area (Å²) in [4.78, 5) is 0. The molecular weight excluding hydrogens is 299 g/mol. The van der Waals surface area contributed by atoms with Crippen LogP contribution in [-0.2, 0) is 0 Å². The third-order valence-corrected chi connectivity index (χ3v) is 3.96. The minimum absolute atomic E-state index is 0.196. The number of halogens is 1. The first-order valence-electron chi connectivity index (χ1n) is 7.13. The smallest absolute Gasteiger partial charge is 0.171 e. The van der Waals surface area contributed by atoms with Crippen LogP contribution in [0.15, 0.2) is 48.5 Å². The van der Waals surface area contributed by atoms with Crippen LogP contribution in [0.1, 0.15) is 17.9 Å². The molecule has 0 bridgehead atoms. The van der Waals surface area contributed by atoms with Crippen LogP contribution in [0.3, 0.4) is 0 Å². The van der Waals surface area contributed by atoms with Crippen molar-refractivity contribution in [3.8, 4) is 5.75 Å². The van der Waals surface area contributed by atoms with E-state index in [4.69, 9.17) is 17.0 Å². The summed E-state index contributed by atoms with van der Waals surface area (Å²) in [7, 11) is 1.62. The molecule has 0 amide bonds. The zero-order chi connectivity index (χ0) is 15.5. The van der Waals surface area contributed by atoms with E-state index in [2.05, 4.69) is 10.6 Å². The Balaban J connectivity index is 1.58. The number of nitrogens with one attached hydrogen (secondary N) is 2. The predicted octanol–water partition coefficient (Wildman–Crippen LogP) is 3.68. The van der Waals surface area contributed by atoms with Gasteiger partial charge in [0.05, 0.1) is 12.8 Å². The molecule has 0 saturated heterocycles. The van der Waals surface area contributed by atoms with Gasteiger partial charge in [0.15, 0.2) is 5.11 Å². The lowest BCUT2D eigenvalue weighted by atomic mass is 10.1. The molecular formula is C17H17FN2OS. The Hall–Kier alpha value is -2.14. The average Bonchev–Trinajstić information content (AvgIpc) is 3.27. The first kappa shape index (κ1) is 14.8. The SMILES string of the molecule is COc1ccccc1NC(=S)N[C@H]1C[C@@H]1c1cccc(F)c1. The van der Waals surface area contributed by atoms with Crippen LogP contribution in [0.25, 0.3) is 0 Å². The van der Waals surface area contributed by atoms with Crippen molar-refractivity contribution in [2.75, 3.05) is 12.4 Å². The van der Waals surface area contributed by atoms with Crippen molar-refractivity contribution in [2.45, 2.75) is 18.4 Å². The summed E-state index contributed by atoms with van der Waals surface area (Å²) in [5.41, 5.74) is 1.84. The molecule has 0 aliphatic heterocycles. The molecule has 5 heteroatoms. The molecule has 1 aliphatic rings. The Morgan fingerprint density at radius 1 is 1.23 bits per heavy atom. The maximum absolute atomic E-state index is 13.2. The standard InChI is InChI=1S/C17H17FN2OS/c1-21-16-8-3-2-7-14(16)19-17(22)20-15-10-13(15)11-5-4-6-12(18)9-11/h2-9,13,15H,10H2,1H3,(H2,19,20,22)/t13-,15+/m1/s1. The summed E-state index contributed by atoms with van der Waals surface area (Å²) < 4.78 is 18.5. The monoisotopic (exact) mass is 316 g/mol. The van der Waals surface area contributed by atoms with Crippen LogP contribution in [0.4, 0.5) is 10.1 Å². The van der Waals surface area contributed by atoms with Crippen molar-refractivity contribution in [3.05, 3.63) is 59.9 Å². The molecule has 2 aromatic rings. The quantitative estimate of drug-likeness (QED) is 0.843. The molecule has 2 atom stereocenters. The van der Waals surface area contributed by atoms with E-state index in [1.165, 1.54) is 6.07 Å². The van der Waals surface area contributed by atoms with Gasteiger partial charge in [0.2, 0.25) is 0 Å². The van der Waals surface area contributed by atoms with Gasteiger partial charge in [0.1, 0.15) is 11.6 Å². The Kier molecular flexibility index (Phi) is 4.24. The third-order valence-electron chi connectivity index (χ3n) is 3.74. The molecule has 22 heavy (non-hydrogen) atoms. The topological polar surface area (TPSA) is 33.3 Å². The maximum Gasteiger partial charge on any atom is 0.171 e. The van der Waals surface area contributed by atoms with E-state index in [0.29, 0.717) is 11.0 Å². The van der Waals surface area contributed by atoms with Gasteiger partial charge >= 0.3 is 0 Å². The Morgan fingerprint density at radius 3 is 2.82 bits per heavy atom. The normalized spacial score (nSPS) is 19.4. The van der Waals surface area contributed by atoms with Crippen LogP contribution >= 0.6 is 12.2 Å². The van der Waals surface area contributed by atoms with Crippen molar-refractivity contribution >= 4 is 23.0 Å². The first-order valence-corrected chi connectivity index (χ1v) is 7.54. The highest BCUT2D eigenvalue weighted by Crippen LogP contribution is 2.41. The number of ether oxygens (including phenoxy) is 1. The average molecular weight is 316 g/mol. The molecule has 1 saturated carbocycles. The Morgan fingerprint density at radius 2 is 2.05 bits per heavy atom. The number of hydrogen-bond donors (Lipinski definition) is 2. The fraction of sp³-hybridized carbons (Fsp3) is 0.235. The number of para-hydroxylation sites is 2. The van der Waals surface area contributed by atoms with Crippen molar-refractivity contribution < 1.29 is 9.13 Å². The van der Waals surface area contributed by atoms with Gasteiger partial charge in [-0.2, -0.15) is 0 Å². The largest absolute Gasteiger partial charge is 0.495 e. The maximum atomic E-state index is 13.2. The number of anilines is 1. The third kappa shape index (κ3) is 3.36. The highest BCUT2D eigenvalue weighted by atomic mass is 32.1. The summed E-state index contributed by atoms with van der Waals surface area (Å²) in [6, 6.07) is 14.6. The molecule has 3 nitrogen and oxygen atoms in total. The number of benzene rings is 2. The van der Waals surface area contributed by atoms with E-state index in [1.807, 2.05) is 30.3 Å². The molecule has 0 unspecified atom stereocenters. The highest BCUT2D eigenvalue weighted by Gasteiger charge is 2.39. The molecule has 0 heterocycles. The molecule has 3 rings (SSSR count). The van der Waals surface area contributed by atoms with Gasteiger partial charge in [-0.3, -0.25) is 0 Å². The first-order chi connectivity index (χ1) is 10.7. The molecule has 0 spiro atoms. The molecule has 0 radical (unpaired) electrons. The van der Waals surface area contributed by atoms with Gasteiger partial charge in [0.25, 0.3) is 0 Å². The van der Waals surface area contributed by atoms with Crippen LogP contribution < -0.4 is 15.4 Å². The molecule has 2 N–H and O–H groups in total.